The van der Waals surface area contributed by atoms with Crippen LogP contribution in [0.5, 0.6) is 5.75 Å². The molecule has 1 aliphatic carbocycles. The van der Waals surface area contributed by atoms with Crippen molar-refractivity contribution in [2.24, 2.45) is 5.92 Å². The van der Waals surface area contributed by atoms with Crippen LogP contribution in [0.15, 0.2) is 24.3 Å². The molecule has 1 aromatic carbocycles. The Morgan fingerprint density at radius 1 is 1.21 bits per heavy atom. The number of nitrogens with one attached hydrogen (secondary N) is 1. The van der Waals surface area contributed by atoms with Crippen molar-refractivity contribution in [2.75, 3.05) is 20.3 Å². The van der Waals surface area contributed by atoms with Crippen LogP contribution < -0.4 is 10.1 Å². The van der Waals surface area contributed by atoms with E-state index in [1.54, 1.807) is 24.3 Å². The lowest BCUT2D eigenvalue weighted by Crippen LogP contribution is -2.43. The second kappa shape index (κ2) is 9.27. The maximum absolute atomic E-state index is 12.1. The van der Waals surface area contributed by atoms with Crippen molar-refractivity contribution in [1.29, 1.82) is 0 Å². The van der Waals surface area contributed by atoms with E-state index >= 15 is 0 Å². The monoisotopic (exact) mass is 335 g/mol. The summed E-state index contributed by atoms with van der Waals surface area (Å²) < 4.78 is 10.6. The molecule has 1 fully saturated rings. The molecule has 1 amide bonds. The molecule has 0 radical (unpaired) electrons. The number of hydrogen-bond donors (Lipinski definition) is 2. The molecule has 2 N–H and O–H groups in total. The highest BCUT2D eigenvalue weighted by Crippen LogP contribution is 2.24. The first-order valence-corrected chi connectivity index (χ1v) is 8.35. The molecule has 6 heteroatoms. The van der Waals surface area contributed by atoms with E-state index < -0.39 is 17.9 Å². The molecule has 0 aromatic heterocycles. The van der Waals surface area contributed by atoms with Gasteiger partial charge < -0.3 is 19.9 Å². The zero-order chi connectivity index (χ0) is 17.4. The first kappa shape index (κ1) is 18.3. The maximum Gasteiger partial charge on any atom is 0.328 e. The first-order chi connectivity index (χ1) is 11.6. The molecule has 0 saturated heterocycles. The van der Waals surface area contributed by atoms with E-state index in [1.165, 1.54) is 39.2 Å². The van der Waals surface area contributed by atoms with Crippen molar-refractivity contribution in [1.82, 2.24) is 5.32 Å². The summed E-state index contributed by atoms with van der Waals surface area (Å²) in [7, 11) is 1.39. The van der Waals surface area contributed by atoms with Crippen LogP contribution in [0.25, 0.3) is 0 Å². The van der Waals surface area contributed by atoms with Gasteiger partial charge in [0.05, 0.1) is 13.2 Å². The number of aliphatic carboxylic acids is 1. The summed E-state index contributed by atoms with van der Waals surface area (Å²) in [4.78, 5) is 23.1. The van der Waals surface area contributed by atoms with E-state index in [1.807, 2.05) is 0 Å². The van der Waals surface area contributed by atoms with Crippen LogP contribution in [0.1, 0.15) is 42.5 Å². The molecule has 1 aromatic rings. The van der Waals surface area contributed by atoms with Crippen LogP contribution >= 0.6 is 0 Å². The number of carboxylic acids is 1. The standard InChI is InChI=1S/C18H25NO5/c1-23-12-16(18(21)22)19-17(20)14-7-9-15(10-8-14)24-11-13-5-3-2-4-6-13/h7-10,13,16H,2-6,11-12H2,1H3,(H,19,20)(H,21,22). The smallest absolute Gasteiger partial charge is 0.328 e. The van der Waals surface area contributed by atoms with Gasteiger partial charge in [0.25, 0.3) is 5.91 Å². The molecular formula is C18H25NO5. The number of carbonyl (C=O) groups is 2. The van der Waals surface area contributed by atoms with E-state index in [0.29, 0.717) is 18.1 Å². The Bertz CT molecular complexity index is 537. The zero-order valence-electron chi connectivity index (χ0n) is 14.0. The summed E-state index contributed by atoms with van der Waals surface area (Å²) in [5, 5.41) is 11.5. The number of methoxy groups -OCH3 is 1. The average Bonchev–Trinajstić information content (AvgIpc) is 2.60. The lowest BCUT2D eigenvalue weighted by molar-refractivity contribution is -0.140. The van der Waals surface area contributed by atoms with Gasteiger partial charge in [0.1, 0.15) is 5.75 Å². The Balaban J connectivity index is 1.85. The molecule has 1 aliphatic rings. The Hall–Kier alpha value is -2.08. The van der Waals surface area contributed by atoms with Gasteiger partial charge in [0.15, 0.2) is 6.04 Å². The number of ether oxygens (including phenoxy) is 2. The molecule has 1 atom stereocenters. The van der Waals surface area contributed by atoms with E-state index in [2.05, 4.69) is 5.32 Å². The van der Waals surface area contributed by atoms with E-state index in [-0.39, 0.29) is 6.61 Å². The Kier molecular flexibility index (Phi) is 7.06. The van der Waals surface area contributed by atoms with Crippen LogP contribution in [0, 0.1) is 5.92 Å². The highest BCUT2D eigenvalue weighted by atomic mass is 16.5. The molecule has 6 nitrogen and oxygen atoms in total. The van der Waals surface area contributed by atoms with Crippen LogP contribution in [-0.2, 0) is 9.53 Å². The average molecular weight is 335 g/mol. The van der Waals surface area contributed by atoms with Gasteiger partial charge in [-0.2, -0.15) is 0 Å². The molecule has 1 saturated carbocycles. The van der Waals surface area contributed by atoms with Crippen LogP contribution in [0.3, 0.4) is 0 Å². The summed E-state index contributed by atoms with van der Waals surface area (Å²) in [6.45, 7) is 0.629. The van der Waals surface area contributed by atoms with Crippen molar-refractivity contribution in [3.63, 3.8) is 0 Å². The predicted octanol–water partition coefficient (Wildman–Crippen LogP) is 2.48. The summed E-state index contributed by atoms with van der Waals surface area (Å²) in [6, 6.07) is 5.69. The minimum absolute atomic E-state index is 0.0797. The molecule has 132 valence electrons. The second-order valence-electron chi connectivity index (χ2n) is 6.16. The van der Waals surface area contributed by atoms with Gasteiger partial charge in [-0.05, 0) is 43.0 Å². The molecule has 24 heavy (non-hydrogen) atoms. The van der Waals surface area contributed by atoms with E-state index in [9.17, 15) is 9.59 Å². The van der Waals surface area contributed by atoms with Gasteiger partial charge >= 0.3 is 5.97 Å². The normalized spacial score (nSPS) is 16.4. The molecule has 0 bridgehead atoms. The molecule has 0 aliphatic heterocycles. The lowest BCUT2D eigenvalue weighted by atomic mass is 9.90. The van der Waals surface area contributed by atoms with Crippen molar-refractivity contribution >= 4 is 11.9 Å². The molecular weight excluding hydrogens is 310 g/mol. The van der Waals surface area contributed by atoms with Crippen molar-refractivity contribution < 1.29 is 24.2 Å². The molecule has 2 rings (SSSR count). The highest BCUT2D eigenvalue weighted by molar-refractivity contribution is 5.96. The molecule has 0 heterocycles. The maximum atomic E-state index is 12.1. The zero-order valence-corrected chi connectivity index (χ0v) is 14.0. The van der Waals surface area contributed by atoms with Crippen LogP contribution in [0.2, 0.25) is 0 Å². The number of carboxylic acid groups (broad SMARTS) is 1. The fourth-order valence-electron chi connectivity index (χ4n) is 2.85. The molecule has 0 spiro atoms. The van der Waals surface area contributed by atoms with Gasteiger partial charge in [0, 0.05) is 12.7 Å². The third-order valence-corrected chi connectivity index (χ3v) is 4.26. The number of carbonyl (C=O) groups excluding carboxylic acids is 1. The fourth-order valence-corrected chi connectivity index (χ4v) is 2.85. The second-order valence-corrected chi connectivity index (χ2v) is 6.16. The SMILES string of the molecule is COCC(NC(=O)c1ccc(OCC2CCCCC2)cc1)C(=O)O. The molecule has 1 unspecified atom stereocenters. The van der Waals surface area contributed by atoms with Gasteiger partial charge in [-0.1, -0.05) is 19.3 Å². The number of hydrogen-bond acceptors (Lipinski definition) is 4. The van der Waals surface area contributed by atoms with Crippen molar-refractivity contribution in [2.45, 2.75) is 38.1 Å². The number of rotatable bonds is 8. The number of benzene rings is 1. The minimum atomic E-state index is -1.13. The van der Waals surface area contributed by atoms with Gasteiger partial charge in [-0.25, -0.2) is 4.79 Å². The summed E-state index contributed by atoms with van der Waals surface area (Å²) in [5.74, 6) is -0.230. The topological polar surface area (TPSA) is 84.9 Å². The summed E-state index contributed by atoms with van der Waals surface area (Å²) in [5.41, 5.74) is 0.391. The van der Waals surface area contributed by atoms with Gasteiger partial charge in [0.2, 0.25) is 0 Å². The minimum Gasteiger partial charge on any atom is -0.493 e. The lowest BCUT2D eigenvalue weighted by Gasteiger charge is -2.21. The van der Waals surface area contributed by atoms with Crippen LogP contribution in [-0.4, -0.2) is 43.3 Å². The Morgan fingerprint density at radius 2 is 1.88 bits per heavy atom. The Labute approximate surface area is 142 Å². The highest BCUT2D eigenvalue weighted by Gasteiger charge is 2.20. The largest absolute Gasteiger partial charge is 0.493 e. The summed E-state index contributed by atoms with van der Waals surface area (Å²) in [6.07, 6.45) is 6.31. The van der Waals surface area contributed by atoms with Crippen molar-refractivity contribution in [3.05, 3.63) is 29.8 Å². The van der Waals surface area contributed by atoms with Gasteiger partial charge in [-0.15, -0.1) is 0 Å². The third-order valence-electron chi connectivity index (χ3n) is 4.26. The Morgan fingerprint density at radius 3 is 2.46 bits per heavy atom. The quantitative estimate of drug-likeness (QED) is 0.762. The van der Waals surface area contributed by atoms with Crippen molar-refractivity contribution in [3.8, 4) is 5.75 Å². The predicted molar refractivity (Wildman–Crippen MR) is 89.3 cm³/mol. The third kappa shape index (κ3) is 5.53. The first-order valence-electron chi connectivity index (χ1n) is 8.35. The summed E-state index contributed by atoms with van der Waals surface area (Å²) >= 11 is 0. The fraction of sp³-hybridized carbons (Fsp3) is 0.556. The van der Waals surface area contributed by atoms with E-state index in [0.717, 1.165) is 5.75 Å². The number of amides is 1. The van der Waals surface area contributed by atoms with Crippen LogP contribution in [0.4, 0.5) is 0 Å². The van der Waals surface area contributed by atoms with E-state index in [4.69, 9.17) is 14.6 Å². The van der Waals surface area contributed by atoms with Gasteiger partial charge in [-0.3, -0.25) is 4.79 Å².